The number of aliphatic hydroxyl groups is 1. The van der Waals surface area contributed by atoms with Crippen LogP contribution < -0.4 is 11.1 Å². The van der Waals surface area contributed by atoms with Gasteiger partial charge in [-0.1, -0.05) is 6.92 Å². The van der Waals surface area contributed by atoms with E-state index in [0.29, 0.717) is 0 Å². The molecular formula is C11H19N5O. The molecule has 0 aliphatic carbocycles. The minimum Gasteiger partial charge on any atom is -0.385 e. The molecule has 6 nitrogen and oxygen atoms in total. The molecule has 1 aromatic rings. The molecule has 6 N–H and O–H groups in total. The van der Waals surface area contributed by atoms with Gasteiger partial charge in [-0.05, 0) is 12.8 Å². The van der Waals surface area contributed by atoms with Crippen molar-refractivity contribution in [3.05, 3.63) is 18.2 Å². The van der Waals surface area contributed by atoms with E-state index in [1.54, 1.807) is 12.4 Å². The maximum Gasteiger partial charge on any atom is 0.123 e. The number of aromatic amines is 1. The maximum atomic E-state index is 9.65. The first-order valence-electron chi connectivity index (χ1n) is 5.87. The van der Waals surface area contributed by atoms with Crippen LogP contribution in [0.1, 0.15) is 31.6 Å². The summed E-state index contributed by atoms with van der Waals surface area (Å²) in [7, 11) is 0. The molecule has 1 aliphatic heterocycles. The molecule has 17 heavy (non-hydrogen) atoms. The minimum absolute atomic E-state index is 0.0614. The predicted molar refractivity (Wildman–Crippen MR) is 64.6 cm³/mol. The van der Waals surface area contributed by atoms with E-state index in [1.807, 2.05) is 6.92 Å². The molecule has 0 spiro atoms. The molecule has 4 unspecified atom stereocenters. The Balaban J connectivity index is 1.85. The minimum atomic E-state index is -0.667. The second kappa shape index (κ2) is 4.85. The van der Waals surface area contributed by atoms with Crippen LogP contribution in [0.2, 0.25) is 0 Å². The first-order chi connectivity index (χ1) is 8.09. The Morgan fingerprint density at radius 1 is 1.65 bits per heavy atom. The monoisotopic (exact) mass is 237 g/mol. The van der Waals surface area contributed by atoms with Crippen LogP contribution in [-0.4, -0.2) is 33.1 Å². The molecule has 0 saturated carbocycles. The fourth-order valence-corrected chi connectivity index (χ4v) is 2.21. The zero-order valence-corrected chi connectivity index (χ0v) is 9.85. The standard InChI is InChI=1S/C11H19N5O/c1-6-8(16-10(13)9(6)17)3-2-7(12)11-14-4-5-15-11/h4-9,17H,2-3,12H2,1H3,(H2,13,16)(H,14,15). The number of imidazole rings is 1. The van der Waals surface area contributed by atoms with Gasteiger partial charge in [0.2, 0.25) is 0 Å². The van der Waals surface area contributed by atoms with Gasteiger partial charge in [-0.25, -0.2) is 4.98 Å². The first-order valence-corrected chi connectivity index (χ1v) is 5.87. The highest BCUT2D eigenvalue weighted by Crippen LogP contribution is 2.23. The number of hydrogen-bond acceptors (Lipinski definition) is 4. The molecule has 1 aliphatic rings. The molecule has 2 rings (SSSR count). The number of rotatable bonds is 4. The van der Waals surface area contributed by atoms with Gasteiger partial charge in [-0.2, -0.15) is 0 Å². The summed E-state index contributed by atoms with van der Waals surface area (Å²) in [6.07, 6.45) is 4.37. The lowest BCUT2D eigenvalue weighted by Gasteiger charge is -2.17. The Kier molecular flexibility index (Phi) is 3.44. The number of nitrogens with two attached hydrogens (primary N) is 1. The molecule has 0 aromatic carbocycles. The Morgan fingerprint density at radius 3 is 2.94 bits per heavy atom. The summed E-state index contributed by atoms with van der Waals surface area (Å²) >= 11 is 0. The summed E-state index contributed by atoms with van der Waals surface area (Å²) in [6.45, 7) is 1.95. The highest BCUT2D eigenvalue weighted by molar-refractivity contribution is 5.86. The van der Waals surface area contributed by atoms with E-state index in [4.69, 9.17) is 11.1 Å². The van der Waals surface area contributed by atoms with Crippen molar-refractivity contribution in [2.45, 2.75) is 38.0 Å². The van der Waals surface area contributed by atoms with Crippen molar-refractivity contribution in [3.63, 3.8) is 0 Å². The van der Waals surface area contributed by atoms with Gasteiger partial charge >= 0.3 is 0 Å². The molecule has 6 heteroatoms. The molecule has 1 saturated heterocycles. The lowest BCUT2D eigenvalue weighted by atomic mass is 9.95. The van der Waals surface area contributed by atoms with Crippen molar-refractivity contribution >= 4 is 5.84 Å². The second-order valence-corrected chi connectivity index (χ2v) is 4.63. The van der Waals surface area contributed by atoms with Crippen molar-refractivity contribution in [1.29, 1.82) is 5.41 Å². The lowest BCUT2D eigenvalue weighted by molar-refractivity contribution is 0.179. The quantitative estimate of drug-likeness (QED) is 0.512. The van der Waals surface area contributed by atoms with Crippen LogP contribution in [-0.2, 0) is 0 Å². The molecular weight excluding hydrogens is 218 g/mol. The summed E-state index contributed by atoms with van der Waals surface area (Å²) < 4.78 is 0. The Bertz CT molecular complexity index is 377. The average molecular weight is 237 g/mol. The van der Waals surface area contributed by atoms with E-state index >= 15 is 0 Å². The molecule has 0 bridgehead atoms. The largest absolute Gasteiger partial charge is 0.385 e. The number of aromatic nitrogens is 2. The van der Waals surface area contributed by atoms with Crippen LogP contribution >= 0.6 is 0 Å². The highest BCUT2D eigenvalue weighted by Gasteiger charge is 2.35. The number of nitrogens with zero attached hydrogens (tertiary/aromatic N) is 1. The second-order valence-electron chi connectivity index (χ2n) is 4.63. The number of H-pyrrole nitrogens is 1. The van der Waals surface area contributed by atoms with E-state index in [2.05, 4.69) is 15.3 Å². The van der Waals surface area contributed by atoms with E-state index in [9.17, 15) is 5.11 Å². The van der Waals surface area contributed by atoms with Crippen LogP contribution in [0.3, 0.4) is 0 Å². The van der Waals surface area contributed by atoms with Gasteiger partial charge in [0, 0.05) is 24.4 Å². The fraction of sp³-hybridized carbons (Fsp3) is 0.636. The zero-order chi connectivity index (χ0) is 12.4. The molecule has 1 aromatic heterocycles. The van der Waals surface area contributed by atoms with Crippen molar-refractivity contribution in [2.75, 3.05) is 0 Å². The summed E-state index contributed by atoms with van der Waals surface area (Å²) in [4.78, 5) is 7.11. The Hall–Kier alpha value is -1.40. The van der Waals surface area contributed by atoms with Crippen molar-refractivity contribution in [3.8, 4) is 0 Å². The van der Waals surface area contributed by atoms with Gasteiger partial charge in [0.15, 0.2) is 0 Å². The van der Waals surface area contributed by atoms with E-state index in [0.717, 1.165) is 18.7 Å². The van der Waals surface area contributed by atoms with Gasteiger partial charge < -0.3 is 21.1 Å². The van der Waals surface area contributed by atoms with Crippen LogP contribution in [0.5, 0.6) is 0 Å². The molecule has 94 valence electrons. The number of nitrogens with one attached hydrogen (secondary N) is 3. The predicted octanol–water partition coefficient (Wildman–Crippen LogP) is 0.136. The summed E-state index contributed by atoms with van der Waals surface area (Å²) in [5.41, 5.74) is 5.99. The molecule has 4 atom stereocenters. The third-order valence-electron chi connectivity index (χ3n) is 3.43. The van der Waals surface area contributed by atoms with Crippen LogP contribution in [0.25, 0.3) is 0 Å². The van der Waals surface area contributed by atoms with Crippen LogP contribution in [0.15, 0.2) is 12.4 Å². The summed E-state index contributed by atoms with van der Waals surface area (Å²) in [5.74, 6) is 1.06. The highest BCUT2D eigenvalue weighted by atomic mass is 16.3. The first kappa shape index (κ1) is 12.1. The SMILES string of the molecule is CC1C(CCC(N)c2ncc[nH]2)NC(=N)C1O. The molecule has 2 heterocycles. The van der Waals surface area contributed by atoms with Crippen molar-refractivity contribution < 1.29 is 5.11 Å². The maximum absolute atomic E-state index is 9.65. The molecule has 0 radical (unpaired) electrons. The van der Waals surface area contributed by atoms with Gasteiger partial charge in [-0.3, -0.25) is 5.41 Å². The summed E-state index contributed by atoms with van der Waals surface area (Å²) in [5, 5.41) is 20.2. The number of amidine groups is 1. The van der Waals surface area contributed by atoms with E-state index in [1.165, 1.54) is 0 Å². The topological polar surface area (TPSA) is 111 Å². The Morgan fingerprint density at radius 2 is 2.41 bits per heavy atom. The van der Waals surface area contributed by atoms with Gasteiger partial charge in [0.05, 0.1) is 6.04 Å². The van der Waals surface area contributed by atoms with Crippen molar-refractivity contribution in [2.24, 2.45) is 11.7 Å². The number of hydrogen-bond donors (Lipinski definition) is 5. The normalized spacial score (nSPS) is 30.3. The van der Waals surface area contributed by atoms with Crippen LogP contribution in [0.4, 0.5) is 0 Å². The van der Waals surface area contributed by atoms with E-state index in [-0.39, 0.29) is 23.8 Å². The number of aliphatic hydroxyl groups excluding tert-OH is 1. The fourth-order valence-electron chi connectivity index (χ4n) is 2.21. The van der Waals surface area contributed by atoms with Crippen molar-refractivity contribution in [1.82, 2.24) is 15.3 Å². The zero-order valence-electron chi connectivity index (χ0n) is 9.85. The molecule has 1 fully saturated rings. The average Bonchev–Trinajstić information content (AvgIpc) is 2.91. The smallest absolute Gasteiger partial charge is 0.123 e. The van der Waals surface area contributed by atoms with E-state index < -0.39 is 6.10 Å². The lowest BCUT2D eigenvalue weighted by Crippen LogP contribution is -2.29. The third-order valence-corrected chi connectivity index (χ3v) is 3.43. The van der Waals surface area contributed by atoms with Gasteiger partial charge in [0.25, 0.3) is 0 Å². The van der Waals surface area contributed by atoms with Gasteiger partial charge in [-0.15, -0.1) is 0 Å². The van der Waals surface area contributed by atoms with Gasteiger partial charge in [0.1, 0.15) is 17.8 Å². The Labute approximate surface area is 100 Å². The van der Waals surface area contributed by atoms with Crippen LogP contribution in [0, 0.1) is 11.3 Å². The third kappa shape index (κ3) is 2.48. The summed E-state index contributed by atoms with van der Waals surface area (Å²) in [6, 6.07) is 0.00411. The molecule has 0 amide bonds.